The molecule has 19 heavy (non-hydrogen) atoms. The topological polar surface area (TPSA) is 96.9 Å². The highest BCUT2D eigenvalue weighted by atomic mass is 32.2. The number of oxime groups is 1. The molecule has 0 aromatic heterocycles. The molecule has 6 nitrogen and oxygen atoms in total. The maximum absolute atomic E-state index is 11.6. The van der Waals surface area contributed by atoms with Gasteiger partial charge in [0, 0.05) is 23.9 Å². The average Bonchev–Trinajstić information content (AvgIpc) is 2.43. The largest absolute Gasteiger partial charge is 0.485 e. The molecule has 4 N–H and O–H groups in total. The number of nitrogens with two attached hydrogens (primary N) is 1. The summed E-state index contributed by atoms with van der Waals surface area (Å²) in [6, 6.07) is 6.93. The molecular formula is C12H17N3O3S. The lowest BCUT2D eigenvalue weighted by Crippen LogP contribution is -2.20. The fourth-order valence-electron chi connectivity index (χ4n) is 1.27. The van der Waals surface area contributed by atoms with Crippen LogP contribution in [0, 0.1) is 0 Å². The van der Waals surface area contributed by atoms with Gasteiger partial charge in [-0.25, -0.2) is 0 Å². The minimum atomic E-state index is -0.0389. The lowest BCUT2D eigenvalue weighted by Gasteiger charge is -2.08. The van der Waals surface area contributed by atoms with Gasteiger partial charge in [0.05, 0.1) is 0 Å². The second-order valence-corrected chi connectivity index (χ2v) is 4.68. The third-order valence-corrected chi connectivity index (χ3v) is 2.78. The Kier molecular flexibility index (Phi) is 6.59. The molecular weight excluding hydrogens is 266 g/mol. The third kappa shape index (κ3) is 6.01. The van der Waals surface area contributed by atoms with Crippen molar-refractivity contribution in [2.24, 2.45) is 10.9 Å². The van der Waals surface area contributed by atoms with Crippen molar-refractivity contribution < 1.29 is 14.7 Å². The lowest BCUT2D eigenvalue weighted by atomic mass is 10.3. The number of amidine groups is 1. The van der Waals surface area contributed by atoms with Crippen LogP contribution < -0.4 is 15.8 Å². The van der Waals surface area contributed by atoms with Crippen molar-refractivity contribution >= 4 is 29.2 Å². The number of thioether (sulfide) groups is 1. The van der Waals surface area contributed by atoms with Gasteiger partial charge in [-0.15, -0.1) is 0 Å². The number of rotatable bonds is 7. The third-order valence-electron chi connectivity index (χ3n) is 2.17. The van der Waals surface area contributed by atoms with Gasteiger partial charge in [-0.1, -0.05) is 11.2 Å². The number of nitrogens with zero attached hydrogens (tertiary/aromatic N) is 1. The molecule has 0 aliphatic rings. The van der Waals surface area contributed by atoms with E-state index in [0.29, 0.717) is 17.9 Å². The Labute approximate surface area is 116 Å². The smallest absolute Gasteiger partial charge is 0.225 e. The van der Waals surface area contributed by atoms with Gasteiger partial charge in [-0.3, -0.25) is 4.79 Å². The Hall–Kier alpha value is -1.89. The number of ether oxygens (including phenoxy) is 1. The predicted molar refractivity (Wildman–Crippen MR) is 77.0 cm³/mol. The molecule has 0 heterocycles. The first-order valence-corrected chi connectivity index (χ1v) is 7.03. The minimum absolute atomic E-state index is 0.0135. The standard InChI is InChI=1S/C12H17N3O3S/c1-19-6-5-12(16)14-9-3-2-4-10(7-9)18-8-11(13)15-17/h2-4,7,17H,5-6,8H2,1H3,(H2,13,15)(H,14,16). The zero-order valence-electron chi connectivity index (χ0n) is 10.6. The summed E-state index contributed by atoms with van der Waals surface area (Å²) >= 11 is 1.62. The van der Waals surface area contributed by atoms with Crippen LogP contribution in [0.3, 0.4) is 0 Å². The Morgan fingerprint density at radius 2 is 2.37 bits per heavy atom. The number of amides is 1. The first-order valence-electron chi connectivity index (χ1n) is 5.63. The van der Waals surface area contributed by atoms with Crippen LogP contribution in [0.4, 0.5) is 5.69 Å². The molecule has 1 rings (SSSR count). The summed E-state index contributed by atoms with van der Waals surface area (Å²) in [6.07, 6.45) is 2.42. The normalized spacial score (nSPS) is 11.1. The number of nitrogens with one attached hydrogen (secondary N) is 1. The van der Waals surface area contributed by atoms with Crippen LogP contribution in [-0.4, -0.2) is 35.6 Å². The van der Waals surface area contributed by atoms with Gasteiger partial charge in [0.25, 0.3) is 0 Å². The van der Waals surface area contributed by atoms with Gasteiger partial charge in [-0.2, -0.15) is 11.8 Å². The summed E-state index contributed by atoms with van der Waals surface area (Å²) in [6.45, 7) is -0.0135. The highest BCUT2D eigenvalue weighted by Crippen LogP contribution is 2.17. The molecule has 0 fully saturated rings. The van der Waals surface area contributed by atoms with E-state index >= 15 is 0 Å². The molecule has 0 bridgehead atoms. The molecule has 1 amide bonds. The molecule has 0 saturated carbocycles. The quantitative estimate of drug-likeness (QED) is 0.305. The van der Waals surface area contributed by atoms with E-state index in [2.05, 4.69) is 10.5 Å². The van der Waals surface area contributed by atoms with Crippen LogP contribution in [0.25, 0.3) is 0 Å². The molecule has 0 aliphatic heterocycles. The van der Waals surface area contributed by atoms with Gasteiger partial charge in [-0.05, 0) is 18.4 Å². The number of hydrogen-bond donors (Lipinski definition) is 3. The lowest BCUT2D eigenvalue weighted by molar-refractivity contribution is -0.115. The molecule has 0 atom stereocenters. The molecule has 0 saturated heterocycles. The van der Waals surface area contributed by atoms with E-state index < -0.39 is 0 Å². The number of hydrogen-bond acceptors (Lipinski definition) is 5. The average molecular weight is 283 g/mol. The Morgan fingerprint density at radius 3 is 3.05 bits per heavy atom. The SMILES string of the molecule is CSCCC(=O)Nc1cccc(OCC(N)=NO)c1. The monoisotopic (exact) mass is 283 g/mol. The van der Waals surface area contributed by atoms with Crippen molar-refractivity contribution in [1.29, 1.82) is 0 Å². The van der Waals surface area contributed by atoms with Crippen LogP contribution in [-0.2, 0) is 4.79 Å². The fraction of sp³-hybridized carbons (Fsp3) is 0.333. The predicted octanol–water partition coefficient (Wildman–Crippen LogP) is 1.50. The molecule has 0 radical (unpaired) electrons. The molecule has 0 unspecified atom stereocenters. The van der Waals surface area contributed by atoms with Gasteiger partial charge < -0.3 is 21.0 Å². The van der Waals surface area contributed by atoms with Crippen molar-refractivity contribution in [2.45, 2.75) is 6.42 Å². The van der Waals surface area contributed by atoms with Crippen molar-refractivity contribution in [3.63, 3.8) is 0 Å². The van der Waals surface area contributed by atoms with Crippen LogP contribution in [0.2, 0.25) is 0 Å². The summed E-state index contributed by atoms with van der Waals surface area (Å²) in [7, 11) is 0. The zero-order chi connectivity index (χ0) is 14.1. The van der Waals surface area contributed by atoms with Gasteiger partial charge in [0.1, 0.15) is 12.4 Å². The van der Waals surface area contributed by atoms with Crippen LogP contribution in [0.15, 0.2) is 29.4 Å². The first kappa shape index (κ1) is 15.2. The second kappa shape index (κ2) is 8.25. The van der Waals surface area contributed by atoms with Crippen molar-refractivity contribution in [1.82, 2.24) is 0 Å². The van der Waals surface area contributed by atoms with Gasteiger partial charge in [0.15, 0.2) is 5.84 Å². The number of benzene rings is 1. The molecule has 1 aromatic carbocycles. The highest BCUT2D eigenvalue weighted by Gasteiger charge is 2.03. The summed E-state index contributed by atoms with van der Waals surface area (Å²) in [5, 5.41) is 14.0. The van der Waals surface area contributed by atoms with Crippen molar-refractivity contribution in [3.05, 3.63) is 24.3 Å². The zero-order valence-corrected chi connectivity index (χ0v) is 11.4. The molecule has 104 valence electrons. The molecule has 7 heteroatoms. The van der Waals surface area contributed by atoms with E-state index in [1.54, 1.807) is 36.0 Å². The summed E-state index contributed by atoms with van der Waals surface area (Å²) < 4.78 is 5.29. The summed E-state index contributed by atoms with van der Waals surface area (Å²) in [5.74, 6) is 1.26. The van der Waals surface area contributed by atoms with E-state index in [-0.39, 0.29) is 18.3 Å². The van der Waals surface area contributed by atoms with Gasteiger partial charge >= 0.3 is 0 Å². The first-order chi connectivity index (χ1) is 9.15. The van der Waals surface area contributed by atoms with E-state index in [9.17, 15) is 4.79 Å². The molecule has 0 spiro atoms. The van der Waals surface area contributed by atoms with Crippen LogP contribution >= 0.6 is 11.8 Å². The second-order valence-electron chi connectivity index (χ2n) is 3.70. The van der Waals surface area contributed by atoms with E-state index in [0.717, 1.165) is 5.75 Å². The maximum atomic E-state index is 11.6. The fourth-order valence-corrected chi connectivity index (χ4v) is 1.66. The molecule has 1 aromatic rings. The van der Waals surface area contributed by atoms with Crippen LogP contribution in [0.5, 0.6) is 5.75 Å². The Morgan fingerprint density at radius 1 is 1.58 bits per heavy atom. The maximum Gasteiger partial charge on any atom is 0.225 e. The Bertz CT molecular complexity index is 452. The van der Waals surface area contributed by atoms with Crippen molar-refractivity contribution in [2.75, 3.05) is 23.9 Å². The Balaban J connectivity index is 2.54. The van der Waals surface area contributed by atoms with Gasteiger partial charge in [0.2, 0.25) is 5.91 Å². The number of carbonyl (C=O) groups is 1. The van der Waals surface area contributed by atoms with Crippen LogP contribution in [0.1, 0.15) is 6.42 Å². The van der Waals surface area contributed by atoms with E-state index in [4.69, 9.17) is 15.7 Å². The summed E-state index contributed by atoms with van der Waals surface area (Å²) in [4.78, 5) is 11.6. The number of anilines is 1. The van der Waals surface area contributed by atoms with Crippen molar-refractivity contribution in [3.8, 4) is 5.75 Å². The van der Waals surface area contributed by atoms with E-state index in [1.807, 2.05) is 6.26 Å². The number of carbonyl (C=O) groups excluding carboxylic acids is 1. The van der Waals surface area contributed by atoms with E-state index in [1.165, 1.54) is 0 Å². The highest BCUT2D eigenvalue weighted by molar-refractivity contribution is 7.98. The molecule has 0 aliphatic carbocycles. The minimum Gasteiger partial charge on any atom is -0.485 e. The summed E-state index contributed by atoms with van der Waals surface area (Å²) in [5.41, 5.74) is 5.95.